The van der Waals surface area contributed by atoms with E-state index in [9.17, 15) is 4.79 Å². The average molecular weight is 300 g/mol. The Bertz CT molecular complexity index is 451. The van der Waals surface area contributed by atoms with E-state index >= 15 is 0 Å². The SMILES string of the molecule is CC(=O)O[C@H]1OCCO[C@H]1NC(=S)NCc1ccco1. The molecule has 110 valence electrons. The third-order valence-electron chi connectivity index (χ3n) is 2.47. The summed E-state index contributed by atoms with van der Waals surface area (Å²) in [5.74, 6) is 0.313. The molecule has 2 N–H and O–H groups in total. The number of carbonyl (C=O) groups is 1. The van der Waals surface area contributed by atoms with E-state index in [0.717, 1.165) is 5.76 Å². The van der Waals surface area contributed by atoms with E-state index in [4.69, 9.17) is 30.8 Å². The molecule has 20 heavy (non-hydrogen) atoms. The zero-order valence-corrected chi connectivity index (χ0v) is 11.8. The maximum absolute atomic E-state index is 11.0. The molecule has 2 atom stereocenters. The smallest absolute Gasteiger partial charge is 0.305 e. The van der Waals surface area contributed by atoms with Gasteiger partial charge < -0.3 is 29.3 Å². The first-order chi connectivity index (χ1) is 9.65. The van der Waals surface area contributed by atoms with Crippen LogP contribution in [0.25, 0.3) is 0 Å². The molecule has 1 aromatic heterocycles. The van der Waals surface area contributed by atoms with Crippen LogP contribution in [0, 0.1) is 0 Å². The van der Waals surface area contributed by atoms with Crippen molar-refractivity contribution < 1.29 is 23.4 Å². The van der Waals surface area contributed by atoms with Gasteiger partial charge in [-0.05, 0) is 24.4 Å². The number of furan rings is 1. The number of carbonyl (C=O) groups excluding carboxylic acids is 1. The molecule has 2 heterocycles. The summed E-state index contributed by atoms with van der Waals surface area (Å²) in [6.07, 6.45) is 0.135. The van der Waals surface area contributed by atoms with E-state index in [1.807, 2.05) is 6.07 Å². The lowest BCUT2D eigenvalue weighted by molar-refractivity contribution is -0.244. The van der Waals surface area contributed by atoms with Crippen molar-refractivity contribution in [2.24, 2.45) is 0 Å². The van der Waals surface area contributed by atoms with Crippen LogP contribution >= 0.6 is 12.2 Å². The van der Waals surface area contributed by atoms with Crippen molar-refractivity contribution in [2.75, 3.05) is 13.2 Å². The topological polar surface area (TPSA) is 82.0 Å². The molecule has 0 saturated carbocycles. The van der Waals surface area contributed by atoms with E-state index in [1.165, 1.54) is 6.92 Å². The van der Waals surface area contributed by atoms with Gasteiger partial charge in [-0.1, -0.05) is 0 Å². The van der Waals surface area contributed by atoms with E-state index in [-0.39, 0.29) is 0 Å². The maximum atomic E-state index is 11.0. The van der Waals surface area contributed by atoms with Crippen molar-refractivity contribution in [1.29, 1.82) is 0 Å². The Balaban J connectivity index is 1.80. The van der Waals surface area contributed by atoms with Crippen LogP contribution in [0.1, 0.15) is 12.7 Å². The second-order valence-corrected chi connectivity index (χ2v) is 4.45. The molecule has 8 heteroatoms. The standard InChI is InChI=1S/C12H16N2O5S/c1-8(15)19-11-10(17-5-6-18-11)14-12(20)13-7-9-3-2-4-16-9/h2-4,10-11H,5-7H2,1H3,(H2,13,14,20)/t10-,11-/m1/s1. The number of nitrogens with one attached hydrogen (secondary N) is 2. The van der Waals surface area contributed by atoms with Gasteiger partial charge in [0.15, 0.2) is 11.3 Å². The zero-order valence-electron chi connectivity index (χ0n) is 11.0. The van der Waals surface area contributed by atoms with Gasteiger partial charge in [-0.25, -0.2) is 0 Å². The van der Waals surface area contributed by atoms with Gasteiger partial charge in [0.25, 0.3) is 0 Å². The number of esters is 1. The average Bonchev–Trinajstić information content (AvgIpc) is 2.91. The second-order valence-electron chi connectivity index (χ2n) is 4.05. The van der Waals surface area contributed by atoms with Gasteiger partial charge >= 0.3 is 5.97 Å². The Morgan fingerprint density at radius 2 is 2.30 bits per heavy atom. The zero-order chi connectivity index (χ0) is 14.4. The summed E-state index contributed by atoms with van der Waals surface area (Å²) in [5.41, 5.74) is 0. The largest absolute Gasteiger partial charge is 0.467 e. The number of hydrogen-bond acceptors (Lipinski definition) is 6. The van der Waals surface area contributed by atoms with E-state index in [1.54, 1.807) is 12.3 Å². The Morgan fingerprint density at radius 1 is 1.50 bits per heavy atom. The van der Waals surface area contributed by atoms with Gasteiger partial charge in [-0.15, -0.1) is 0 Å². The predicted octanol–water partition coefficient (Wildman–Crippen LogP) is 0.506. The van der Waals surface area contributed by atoms with Crippen LogP contribution in [-0.4, -0.2) is 36.8 Å². The molecule has 7 nitrogen and oxygen atoms in total. The molecule has 0 aliphatic carbocycles. The van der Waals surface area contributed by atoms with Crippen LogP contribution in [-0.2, 0) is 25.5 Å². The summed E-state index contributed by atoms with van der Waals surface area (Å²) < 4.78 is 20.9. The quantitative estimate of drug-likeness (QED) is 0.615. The summed E-state index contributed by atoms with van der Waals surface area (Å²) in [6.45, 7) is 2.52. The summed E-state index contributed by atoms with van der Waals surface area (Å²) in [7, 11) is 0. The summed E-state index contributed by atoms with van der Waals surface area (Å²) in [5, 5.41) is 6.20. The highest BCUT2D eigenvalue weighted by atomic mass is 32.1. The highest BCUT2D eigenvalue weighted by molar-refractivity contribution is 7.80. The lowest BCUT2D eigenvalue weighted by Gasteiger charge is -2.31. The van der Waals surface area contributed by atoms with Gasteiger partial charge in [0.05, 0.1) is 26.0 Å². The molecule has 0 aromatic carbocycles. The minimum atomic E-state index is -0.815. The van der Waals surface area contributed by atoms with Crippen molar-refractivity contribution in [2.45, 2.75) is 26.0 Å². The van der Waals surface area contributed by atoms with Crippen LogP contribution < -0.4 is 10.6 Å². The summed E-state index contributed by atoms with van der Waals surface area (Å²) in [6, 6.07) is 3.62. The Morgan fingerprint density at radius 3 is 3.00 bits per heavy atom. The molecule has 1 fully saturated rings. The third kappa shape index (κ3) is 4.48. The second kappa shape index (κ2) is 7.22. The summed E-state index contributed by atoms with van der Waals surface area (Å²) >= 11 is 5.13. The van der Waals surface area contributed by atoms with Crippen molar-refractivity contribution in [3.8, 4) is 0 Å². The maximum Gasteiger partial charge on any atom is 0.305 e. The van der Waals surface area contributed by atoms with E-state index in [0.29, 0.717) is 24.9 Å². The van der Waals surface area contributed by atoms with Crippen LogP contribution in [0.2, 0.25) is 0 Å². The Labute approximate surface area is 121 Å². The van der Waals surface area contributed by atoms with Gasteiger partial charge in [-0.2, -0.15) is 0 Å². The molecule has 0 spiro atoms. The minimum Gasteiger partial charge on any atom is -0.467 e. The van der Waals surface area contributed by atoms with Crippen molar-refractivity contribution in [1.82, 2.24) is 10.6 Å². The molecule has 0 amide bonds. The molecule has 1 aliphatic rings. The molecule has 2 rings (SSSR count). The highest BCUT2D eigenvalue weighted by Gasteiger charge is 2.30. The van der Waals surface area contributed by atoms with Crippen molar-refractivity contribution in [3.05, 3.63) is 24.2 Å². The lowest BCUT2D eigenvalue weighted by atomic mass is 10.4. The predicted molar refractivity (Wildman–Crippen MR) is 72.5 cm³/mol. The molecule has 0 bridgehead atoms. The molecule has 0 unspecified atom stereocenters. The van der Waals surface area contributed by atoms with Gasteiger partial charge in [0.2, 0.25) is 6.29 Å². The van der Waals surface area contributed by atoms with Crippen LogP contribution in [0.3, 0.4) is 0 Å². The monoisotopic (exact) mass is 300 g/mol. The fraction of sp³-hybridized carbons (Fsp3) is 0.500. The van der Waals surface area contributed by atoms with E-state index < -0.39 is 18.5 Å². The van der Waals surface area contributed by atoms with Crippen LogP contribution in [0.15, 0.2) is 22.8 Å². The highest BCUT2D eigenvalue weighted by Crippen LogP contribution is 2.09. The fourth-order valence-corrected chi connectivity index (χ4v) is 1.82. The first-order valence-electron chi connectivity index (χ1n) is 6.12. The van der Waals surface area contributed by atoms with Crippen molar-refractivity contribution >= 4 is 23.3 Å². The minimum absolute atomic E-state index is 0.356. The number of rotatable bonds is 4. The Hall–Kier alpha value is -1.64. The first-order valence-corrected chi connectivity index (χ1v) is 6.53. The lowest BCUT2D eigenvalue weighted by Crippen LogP contribution is -2.53. The van der Waals surface area contributed by atoms with Gasteiger partial charge in [-0.3, -0.25) is 4.79 Å². The summed E-state index contributed by atoms with van der Waals surface area (Å²) in [4.78, 5) is 11.0. The first kappa shape index (κ1) is 14.8. The number of hydrogen-bond donors (Lipinski definition) is 2. The Kier molecular flexibility index (Phi) is 5.33. The van der Waals surface area contributed by atoms with Gasteiger partial charge in [0.1, 0.15) is 5.76 Å². The van der Waals surface area contributed by atoms with Crippen LogP contribution in [0.5, 0.6) is 0 Å². The number of thiocarbonyl (C=S) groups is 1. The molecular weight excluding hydrogens is 284 g/mol. The third-order valence-corrected chi connectivity index (χ3v) is 2.73. The number of ether oxygens (including phenoxy) is 3. The molecule has 1 saturated heterocycles. The molecule has 1 aliphatic heterocycles. The van der Waals surface area contributed by atoms with Gasteiger partial charge in [0, 0.05) is 6.92 Å². The fourth-order valence-electron chi connectivity index (χ4n) is 1.64. The molecular formula is C12H16N2O5S. The van der Waals surface area contributed by atoms with Crippen LogP contribution in [0.4, 0.5) is 0 Å². The molecule has 1 aromatic rings. The van der Waals surface area contributed by atoms with E-state index in [2.05, 4.69) is 10.6 Å². The van der Waals surface area contributed by atoms with Crippen molar-refractivity contribution in [3.63, 3.8) is 0 Å². The molecule has 0 radical (unpaired) electrons. The normalized spacial score (nSPS) is 22.1.